The number of hydrogen-bond donors (Lipinski definition) is 0. The van der Waals surface area contributed by atoms with Gasteiger partial charge in [-0.15, -0.1) is 0 Å². The largest absolute Gasteiger partial charge is 0.459 e. The van der Waals surface area contributed by atoms with Crippen LogP contribution in [0.15, 0.2) is 66.7 Å². The quantitative estimate of drug-likeness (QED) is 0.198. The summed E-state index contributed by atoms with van der Waals surface area (Å²) < 4.78 is 7.57. The van der Waals surface area contributed by atoms with Gasteiger partial charge in [-0.2, -0.15) is 5.10 Å². The maximum atomic E-state index is 13.5. The summed E-state index contributed by atoms with van der Waals surface area (Å²) >= 11 is 25.3. The third kappa shape index (κ3) is 7.09. The summed E-state index contributed by atoms with van der Waals surface area (Å²) in [5, 5.41) is 6.70. The number of halogens is 4. The number of anilines is 1. The third-order valence-corrected chi connectivity index (χ3v) is 7.28. The van der Waals surface area contributed by atoms with Crippen LogP contribution in [0.25, 0.3) is 16.9 Å². The predicted molar refractivity (Wildman–Crippen MR) is 162 cm³/mol. The molecule has 0 bridgehead atoms. The van der Waals surface area contributed by atoms with Gasteiger partial charge in [-0.25, -0.2) is 4.68 Å². The van der Waals surface area contributed by atoms with Crippen LogP contribution in [-0.4, -0.2) is 35.4 Å². The number of nitrogens with zero attached hydrogens (tertiary/aromatic N) is 3. The molecule has 0 radical (unpaired) electrons. The second-order valence-electron chi connectivity index (χ2n) is 10.4. The van der Waals surface area contributed by atoms with E-state index in [9.17, 15) is 4.79 Å². The van der Waals surface area contributed by atoms with Crippen LogP contribution in [0.5, 0.6) is 0 Å². The van der Waals surface area contributed by atoms with Gasteiger partial charge in [0, 0.05) is 36.8 Å². The first-order valence-corrected chi connectivity index (χ1v) is 13.8. The Balaban J connectivity index is 1.84. The van der Waals surface area contributed by atoms with Gasteiger partial charge in [0.15, 0.2) is 0 Å². The molecule has 1 atom stereocenters. The first-order chi connectivity index (χ1) is 18.3. The lowest BCUT2D eigenvalue weighted by molar-refractivity contribution is -0.156. The number of carbonyl (C=O) groups is 1. The minimum absolute atomic E-state index is 0.304. The molecule has 1 aromatic heterocycles. The topological polar surface area (TPSA) is 47.4 Å². The fourth-order valence-corrected chi connectivity index (χ4v) is 4.95. The molecule has 1 unspecified atom stereocenters. The van der Waals surface area contributed by atoms with Crippen molar-refractivity contribution in [2.24, 2.45) is 0 Å². The zero-order valence-corrected chi connectivity index (χ0v) is 25.3. The number of benzene rings is 3. The van der Waals surface area contributed by atoms with E-state index in [0.29, 0.717) is 37.9 Å². The number of carbonyl (C=O) groups excluding carboxylic acids is 1. The molecule has 1 heterocycles. The second kappa shape index (κ2) is 11.8. The molecule has 0 aliphatic heterocycles. The summed E-state index contributed by atoms with van der Waals surface area (Å²) in [4.78, 5) is 15.5. The summed E-state index contributed by atoms with van der Waals surface area (Å²) in [6, 6.07) is 20.4. The molecule has 4 rings (SSSR count). The lowest BCUT2D eigenvalue weighted by atomic mass is 9.93. The van der Waals surface area contributed by atoms with Crippen LogP contribution < -0.4 is 4.90 Å². The lowest BCUT2D eigenvalue weighted by Crippen LogP contribution is -2.29. The van der Waals surface area contributed by atoms with E-state index in [1.165, 1.54) is 0 Å². The minimum atomic E-state index is -0.643. The van der Waals surface area contributed by atoms with Crippen LogP contribution in [-0.2, 0) is 16.0 Å². The monoisotopic (exact) mass is 603 g/mol. The summed E-state index contributed by atoms with van der Waals surface area (Å²) in [6.07, 6.45) is 0.304. The molecule has 0 spiro atoms. The minimum Gasteiger partial charge on any atom is -0.459 e. The second-order valence-corrected chi connectivity index (χ2v) is 12.1. The first-order valence-electron chi connectivity index (χ1n) is 12.3. The summed E-state index contributed by atoms with van der Waals surface area (Å²) in [6.45, 7) is 5.58. The van der Waals surface area contributed by atoms with Crippen molar-refractivity contribution < 1.29 is 9.53 Å². The predicted octanol–water partition coefficient (Wildman–Crippen LogP) is 8.89. The fraction of sp³-hybridized carbons (Fsp3) is 0.267. The van der Waals surface area contributed by atoms with E-state index < -0.39 is 11.5 Å². The Morgan fingerprint density at radius 1 is 0.923 bits per heavy atom. The number of hydrogen-bond acceptors (Lipinski definition) is 4. The van der Waals surface area contributed by atoms with Crippen molar-refractivity contribution in [3.8, 4) is 16.9 Å². The van der Waals surface area contributed by atoms with Crippen LogP contribution in [0.3, 0.4) is 0 Å². The highest BCUT2D eigenvalue weighted by Gasteiger charge is 2.29. The highest BCUT2D eigenvalue weighted by molar-refractivity contribution is 6.42. The van der Waals surface area contributed by atoms with Crippen molar-refractivity contribution in [2.75, 3.05) is 19.0 Å². The van der Waals surface area contributed by atoms with Crippen molar-refractivity contribution >= 4 is 58.1 Å². The number of ether oxygens (including phenoxy) is 1. The van der Waals surface area contributed by atoms with Crippen LogP contribution >= 0.6 is 46.4 Å². The highest BCUT2D eigenvalue weighted by Crippen LogP contribution is 2.35. The van der Waals surface area contributed by atoms with Gasteiger partial charge in [-0.1, -0.05) is 64.6 Å². The van der Waals surface area contributed by atoms with Gasteiger partial charge in [-0.05, 0) is 74.9 Å². The van der Waals surface area contributed by atoms with Gasteiger partial charge < -0.3 is 9.64 Å². The molecular formula is C30H29Cl4N3O2. The molecule has 0 saturated heterocycles. The molecule has 0 saturated carbocycles. The Bertz CT molecular complexity index is 1510. The summed E-state index contributed by atoms with van der Waals surface area (Å²) in [5.74, 6) is -0.914. The molecule has 4 aromatic rings. The van der Waals surface area contributed by atoms with Gasteiger partial charge in [0.05, 0.1) is 38.1 Å². The molecule has 0 amide bonds. The van der Waals surface area contributed by atoms with E-state index in [0.717, 1.165) is 22.5 Å². The van der Waals surface area contributed by atoms with Gasteiger partial charge >= 0.3 is 5.97 Å². The van der Waals surface area contributed by atoms with E-state index >= 15 is 0 Å². The molecule has 0 fully saturated rings. The first kappa shape index (κ1) is 29.3. The van der Waals surface area contributed by atoms with Gasteiger partial charge in [0.25, 0.3) is 0 Å². The number of rotatable bonds is 7. The molecule has 0 aliphatic rings. The average Bonchev–Trinajstić information content (AvgIpc) is 3.26. The summed E-state index contributed by atoms with van der Waals surface area (Å²) in [7, 11) is 3.92. The smallest absolute Gasteiger partial charge is 0.314 e. The number of aromatic nitrogens is 2. The van der Waals surface area contributed by atoms with Crippen LogP contribution in [0.2, 0.25) is 20.1 Å². The lowest BCUT2D eigenvalue weighted by Gasteiger charge is -2.24. The van der Waals surface area contributed by atoms with Crippen LogP contribution in [0, 0.1) is 0 Å². The van der Waals surface area contributed by atoms with Gasteiger partial charge in [0.1, 0.15) is 5.60 Å². The van der Waals surface area contributed by atoms with Gasteiger partial charge in [0.2, 0.25) is 0 Å². The van der Waals surface area contributed by atoms with E-state index in [2.05, 4.69) is 0 Å². The van der Waals surface area contributed by atoms with Gasteiger partial charge in [-0.3, -0.25) is 4.79 Å². The van der Waals surface area contributed by atoms with E-state index in [4.69, 9.17) is 56.2 Å². The van der Waals surface area contributed by atoms with E-state index in [-0.39, 0.29) is 5.97 Å². The SMILES string of the molecule is CN(C)c1cccc(C(Cc2cc(-c3ccc(Cl)c(Cl)c3)n(-c3ccc(Cl)cc3Cl)n2)C(=O)OC(C)(C)C)c1. The Labute approximate surface area is 249 Å². The Kier molecular flexibility index (Phi) is 8.87. The van der Waals surface area contributed by atoms with Crippen LogP contribution in [0.1, 0.15) is 37.9 Å². The molecule has 0 N–H and O–H groups in total. The van der Waals surface area contributed by atoms with E-state index in [1.54, 1.807) is 35.0 Å². The molecular weight excluding hydrogens is 576 g/mol. The zero-order chi connectivity index (χ0) is 28.5. The van der Waals surface area contributed by atoms with E-state index in [1.807, 2.05) is 76.2 Å². The Morgan fingerprint density at radius 2 is 1.67 bits per heavy atom. The zero-order valence-electron chi connectivity index (χ0n) is 22.3. The fourth-order valence-electron chi connectivity index (χ4n) is 4.17. The molecule has 204 valence electrons. The molecule has 5 nitrogen and oxygen atoms in total. The maximum Gasteiger partial charge on any atom is 0.314 e. The molecule has 3 aromatic carbocycles. The van der Waals surface area contributed by atoms with Crippen molar-refractivity contribution in [2.45, 2.75) is 38.7 Å². The normalized spacial score (nSPS) is 12.3. The Morgan fingerprint density at radius 3 is 2.31 bits per heavy atom. The van der Waals surface area contributed by atoms with Crippen LogP contribution in [0.4, 0.5) is 5.69 Å². The average molecular weight is 605 g/mol. The molecule has 39 heavy (non-hydrogen) atoms. The Hall–Kier alpha value is -2.70. The third-order valence-electron chi connectivity index (χ3n) is 6.01. The van der Waals surface area contributed by atoms with Crippen molar-refractivity contribution in [1.82, 2.24) is 9.78 Å². The molecule has 0 aliphatic carbocycles. The standard InChI is InChI=1S/C30H29Cl4N3O2/c1-30(2,3)39-29(38)23(18-7-6-8-22(13-18)36(4)5)16-21-17-28(19-9-11-24(32)25(33)14-19)37(35-21)27-12-10-20(31)15-26(27)34/h6-15,17,23H,16H2,1-5H3. The molecule has 9 heteroatoms. The highest BCUT2D eigenvalue weighted by atomic mass is 35.5. The van der Waals surface area contributed by atoms with Crippen molar-refractivity contribution in [1.29, 1.82) is 0 Å². The maximum absolute atomic E-state index is 13.5. The van der Waals surface area contributed by atoms with Crippen molar-refractivity contribution in [3.63, 3.8) is 0 Å². The summed E-state index contributed by atoms with van der Waals surface area (Å²) in [5.41, 5.74) is 4.01. The van der Waals surface area contributed by atoms with Crippen molar-refractivity contribution in [3.05, 3.63) is 98.1 Å². The number of esters is 1.